The number of aromatic amines is 1. The van der Waals surface area contributed by atoms with E-state index in [1.807, 2.05) is 30.3 Å². The lowest BCUT2D eigenvalue weighted by atomic mass is 10.2. The number of hydrogen-bond donors (Lipinski definition) is 2. The van der Waals surface area contributed by atoms with Crippen LogP contribution < -0.4 is 5.32 Å². The summed E-state index contributed by atoms with van der Waals surface area (Å²) in [6.45, 7) is 0. The number of carbonyl (C=O) groups excluding carboxylic acids is 2. The van der Waals surface area contributed by atoms with Crippen LogP contribution in [0.1, 0.15) is 16.2 Å². The molecule has 2 N–H and O–H groups in total. The second-order valence-corrected chi connectivity index (χ2v) is 3.52. The van der Waals surface area contributed by atoms with Gasteiger partial charge in [-0.25, -0.2) is 4.98 Å². The van der Waals surface area contributed by atoms with E-state index in [2.05, 4.69) is 15.3 Å². The summed E-state index contributed by atoms with van der Waals surface area (Å²) in [6.07, 6.45) is 5.19. The summed E-state index contributed by atoms with van der Waals surface area (Å²) in [4.78, 5) is 29.0. The Morgan fingerprint density at radius 2 is 2.06 bits per heavy atom. The smallest absolute Gasteiger partial charge is 0.291 e. The molecule has 0 radical (unpaired) electrons. The minimum atomic E-state index is -0.450. The Labute approximate surface area is 104 Å². The summed E-state index contributed by atoms with van der Waals surface area (Å²) in [5.41, 5.74) is 1.02. The number of H-pyrrole nitrogens is 1. The van der Waals surface area contributed by atoms with E-state index in [1.165, 1.54) is 12.4 Å². The van der Waals surface area contributed by atoms with Crippen molar-refractivity contribution in [3.63, 3.8) is 0 Å². The van der Waals surface area contributed by atoms with Gasteiger partial charge in [0.25, 0.3) is 5.91 Å². The number of nitrogens with one attached hydrogen (secondary N) is 2. The van der Waals surface area contributed by atoms with Gasteiger partial charge in [0.15, 0.2) is 12.1 Å². The first-order valence-corrected chi connectivity index (χ1v) is 5.32. The Morgan fingerprint density at radius 1 is 1.28 bits per heavy atom. The third-order valence-electron chi connectivity index (χ3n) is 2.22. The number of rotatable bonds is 4. The van der Waals surface area contributed by atoms with Crippen molar-refractivity contribution in [2.24, 2.45) is 0 Å². The number of amides is 1. The van der Waals surface area contributed by atoms with Crippen molar-refractivity contribution in [3.8, 4) is 0 Å². The number of allylic oxidation sites excluding steroid dienone is 1. The standard InChI is InChI=1S/C13H11N3O2/c17-9-11(8-10-4-2-1-3-5-10)16-13(18)12-14-6-7-15-12/h1-9H,(H,14,15)(H,16,18). The summed E-state index contributed by atoms with van der Waals surface area (Å²) in [7, 11) is 0. The fourth-order valence-electron chi connectivity index (χ4n) is 1.41. The molecule has 0 bridgehead atoms. The molecule has 0 saturated heterocycles. The van der Waals surface area contributed by atoms with Gasteiger partial charge in [-0.3, -0.25) is 9.59 Å². The highest BCUT2D eigenvalue weighted by atomic mass is 16.2. The lowest BCUT2D eigenvalue weighted by molar-refractivity contribution is -0.105. The highest BCUT2D eigenvalue weighted by Gasteiger charge is 2.09. The van der Waals surface area contributed by atoms with Crippen molar-refractivity contribution in [2.45, 2.75) is 0 Å². The van der Waals surface area contributed by atoms with E-state index in [4.69, 9.17) is 0 Å². The van der Waals surface area contributed by atoms with Crippen LogP contribution in [0.3, 0.4) is 0 Å². The summed E-state index contributed by atoms with van der Waals surface area (Å²) >= 11 is 0. The highest BCUT2D eigenvalue weighted by molar-refractivity contribution is 5.97. The highest BCUT2D eigenvalue weighted by Crippen LogP contribution is 2.03. The third-order valence-corrected chi connectivity index (χ3v) is 2.22. The van der Waals surface area contributed by atoms with Gasteiger partial charge in [0.2, 0.25) is 0 Å². The lowest BCUT2D eigenvalue weighted by Gasteiger charge is -2.02. The van der Waals surface area contributed by atoms with Gasteiger partial charge in [-0.1, -0.05) is 30.3 Å². The second-order valence-electron chi connectivity index (χ2n) is 3.52. The molecule has 0 aliphatic rings. The number of aldehydes is 1. The van der Waals surface area contributed by atoms with Crippen molar-refractivity contribution in [1.29, 1.82) is 0 Å². The summed E-state index contributed by atoms with van der Waals surface area (Å²) in [5, 5.41) is 2.48. The number of hydrogen-bond acceptors (Lipinski definition) is 3. The van der Waals surface area contributed by atoms with Gasteiger partial charge in [0, 0.05) is 12.4 Å². The zero-order valence-corrected chi connectivity index (χ0v) is 9.46. The van der Waals surface area contributed by atoms with Crippen molar-refractivity contribution in [2.75, 3.05) is 0 Å². The summed E-state index contributed by atoms with van der Waals surface area (Å²) in [5.74, 6) is -0.287. The molecule has 5 heteroatoms. The van der Waals surface area contributed by atoms with E-state index < -0.39 is 5.91 Å². The first-order chi connectivity index (χ1) is 8.79. The van der Waals surface area contributed by atoms with Crippen LogP contribution in [-0.4, -0.2) is 22.2 Å². The second kappa shape index (κ2) is 5.58. The van der Waals surface area contributed by atoms with Crippen molar-refractivity contribution in [3.05, 3.63) is 59.8 Å². The maximum Gasteiger partial charge on any atom is 0.291 e. The van der Waals surface area contributed by atoms with Crippen LogP contribution in [0.25, 0.3) is 6.08 Å². The van der Waals surface area contributed by atoms with Gasteiger partial charge >= 0.3 is 0 Å². The molecule has 1 heterocycles. The predicted octanol–water partition coefficient (Wildman–Crippen LogP) is 1.38. The molecule has 0 aliphatic heterocycles. The normalized spacial score (nSPS) is 11.0. The van der Waals surface area contributed by atoms with Crippen molar-refractivity contribution >= 4 is 18.3 Å². The number of carbonyl (C=O) groups is 2. The van der Waals surface area contributed by atoms with Crippen LogP contribution in [-0.2, 0) is 4.79 Å². The molecule has 18 heavy (non-hydrogen) atoms. The van der Waals surface area contributed by atoms with Crippen LogP contribution in [0.5, 0.6) is 0 Å². The Bertz CT molecular complexity index is 559. The molecule has 1 amide bonds. The Morgan fingerprint density at radius 3 is 2.67 bits per heavy atom. The molecule has 0 spiro atoms. The predicted molar refractivity (Wildman–Crippen MR) is 66.5 cm³/mol. The maximum absolute atomic E-state index is 11.7. The zero-order chi connectivity index (χ0) is 12.8. The first-order valence-electron chi connectivity index (χ1n) is 5.32. The number of imidazole rings is 1. The van der Waals surface area contributed by atoms with Gasteiger partial charge in [-0.05, 0) is 11.6 Å². The summed E-state index contributed by atoms with van der Waals surface area (Å²) < 4.78 is 0. The summed E-state index contributed by atoms with van der Waals surface area (Å²) in [6, 6.07) is 9.25. The zero-order valence-electron chi connectivity index (χ0n) is 9.46. The molecule has 2 rings (SSSR count). The number of benzene rings is 1. The van der Waals surface area contributed by atoms with Crippen LogP contribution in [0.2, 0.25) is 0 Å². The van der Waals surface area contributed by atoms with Crippen LogP contribution in [0.4, 0.5) is 0 Å². The van der Waals surface area contributed by atoms with Gasteiger partial charge in [-0.2, -0.15) is 0 Å². The Hall–Kier alpha value is -2.69. The van der Waals surface area contributed by atoms with E-state index in [-0.39, 0.29) is 11.5 Å². The first kappa shape index (κ1) is 11.8. The number of nitrogens with zero attached hydrogens (tertiary/aromatic N) is 1. The van der Waals surface area contributed by atoms with Gasteiger partial charge in [0.05, 0.1) is 5.70 Å². The molecule has 0 aliphatic carbocycles. The molecule has 0 unspecified atom stereocenters. The molecular formula is C13H11N3O2. The lowest BCUT2D eigenvalue weighted by Crippen LogP contribution is -2.24. The average molecular weight is 241 g/mol. The van der Waals surface area contributed by atoms with Crippen molar-refractivity contribution in [1.82, 2.24) is 15.3 Å². The van der Waals surface area contributed by atoms with E-state index in [0.717, 1.165) is 5.56 Å². The largest absolute Gasteiger partial charge is 0.341 e. The Kier molecular flexibility index (Phi) is 3.66. The fraction of sp³-hybridized carbons (Fsp3) is 0. The minimum absolute atomic E-state index is 0.163. The quantitative estimate of drug-likeness (QED) is 0.627. The Balaban J connectivity index is 2.13. The van der Waals surface area contributed by atoms with E-state index in [9.17, 15) is 9.59 Å². The molecular weight excluding hydrogens is 230 g/mol. The van der Waals surface area contributed by atoms with Gasteiger partial charge < -0.3 is 10.3 Å². The van der Waals surface area contributed by atoms with E-state index in [1.54, 1.807) is 6.08 Å². The third kappa shape index (κ3) is 2.91. The van der Waals surface area contributed by atoms with E-state index in [0.29, 0.717) is 6.29 Å². The monoisotopic (exact) mass is 241 g/mol. The molecule has 1 aromatic carbocycles. The molecule has 90 valence electrons. The molecule has 0 atom stereocenters. The molecule has 5 nitrogen and oxygen atoms in total. The van der Waals surface area contributed by atoms with Crippen molar-refractivity contribution < 1.29 is 9.59 Å². The van der Waals surface area contributed by atoms with Crippen LogP contribution in [0.15, 0.2) is 48.4 Å². The minimum Gasteiger partial charge on any atom is -0.341 e. The maximum atomic E-state index is 11.7. The van der Waals surface area contributed by atoms with E-state index >= 15 is 0 Å². The molecule has 0 saturated carbocycles. The molecule has 2 aromatic rings. The number of aromatic nitrogens is 2. The molecule has 1 aromatic heterocycles. The molecule has 0 fully saturated rings. The topological polar surface area (TPSA) is 74.8 Å². The van der Waals surface area contributed by atoms with Crippen LogP contribution in [0, 0.1) is 0 Å². The SMILES string of the molecule is O=CC(=Cc1ccccc1)NC(=O)c1ncc[nH]1. The average Bonchev–Trinajstić information content (AvgIpc) is 2.93. The van der Waals surface area contributed by atoms with Crippen LogP contribution >= 0.6 is 0 Å². The van der Waals surface area contributed by atoms with Gasteiger partial charge in [0.1, 0.15) is 0 Å². The fourth-order valence-corrected chi connectivity index (χ4v) is 1.41. The van der Waals surface area contributed by atoms with Gasteiger partial charge in [-0.15, -0.1) is 0 Å².